The van der Waals surface area contributed by atoms with Crippen molar-refractivity contribution >= 4 is 11.7 Å². The van der Waals surface area contributed by atoms with Crippen molar-refractivity contribution in [3.8, 4) is 0 Å². The normalized spacial score (nSPS) is 30.4. The Labute approximate surface area is 117 Å². The van der Waals surface area contributed by atoms with E-state index in [0.29, 0.717) is 24.4 Å². The molecule has 1 aliphatic heterocycles. The van der Waals surface area contributed by atoms with Gasteiger partial charge in [0.05, 0.1) is 17.8 Å². The molecule has 2 heterocycles. The number of hydrogen-bond donors (Lipinski definition) is 3. The number of H-pyrrole nitrogens is 1. The first-order valence-electron chi connectivity index (χ1n) is 6.58. The molecule has 20 heavy (non-hydrogen) atoms. The molecule has 1 amide bonds. The summed E-state index contributed by atoms with van der Waals surface area (Å²) in [4.78, 5) is 27.8. The lowest BCUT2D eigenvalue weighted by molar-refractivity contribution is -0.163. The van der Waals surface area contributed by atoms with Gasteiger partial charge in [0.15, 0.2) is 5.78 Å². The number of carbonyl (C=O) groups excluding carboxylic acids is 2. The molecule has 110 valence electrons. The molecule has 0 spiro atoms. The highest BCUT2D eigenvalue weighted by molar-refractivity contribution is 5.97. The number of carbonyl (C=O) groups is 2. The number of Topliss-reactive ketones (excluding diaryl/α,β-unsaturated/α-hetero) is 1. The van der Waals surface area contributed by atoms with Gasteiger partial charge in [-0.15, -0.1) is 0 Å². The number of nitrogens with zero attached hydrogens (tertiary/aromatic N) is 1. The Kier molecular flexibility index (Phi) is 3.47. The third kappa shape index (κ3) is 2.48. The fourth-order valence-electron chi connectivity index (χ4n) is 2.31. The summed E-state index contributed by atoms with van der Waals surface area (Å²) in [5.41, 5.74) is -1.89. The number of β-amino-alcohol motifs (C(OH)–C–C–N with tert-alkyl or cyclic N) is 1. The van der Waals surface area contributed by atoms with Crippen LogP contribution in [0.25, 0.3) is 0 Å². The second-order valence-corrected chi connectivity index (χ2v) is 5.87. The van der Waals surface area contributed by atoms with Gasteiger partial charge < -0.3 is 20.1 Å². The van der Waals surface area contributed by atoms with Crippen LogP contribution < -0.4 is 0 Å². The predicted molar refractivity (Wildman–Crippen MR) is 72.6 cm³/mol. The van der Waals surface area contributed by atoms with Crippen LogP contribution in [0.1, 0.15) is 48.2 Å². The zero-order valence-electron chi connectivity index (χ0n) is 11.9. The molecule has 0 saturated carbocycles. The monoisotopic (exact) mass is 280 g/mol. The third-order valence-corrected chi connectivity index (χ3v) is 4.11. The Morgan fingerprint density at radius 2 is 1.80 bits per heavy atom. The summed E-state index contributed by atoms with van der Waals surface area (Å²) >= 11 is 0. The molecule has 1 fully saturated rings. The standard InChI is InChI=1S/C14H20N2O4/c1-9(17)10-4-5-11(15-10)12(18)16-7-6-13(2,19)14(3,20)8-16/h4-5,15,19-20H,6-8H2,1-3H3/t13-,14+/m1/s1. The van der Waals surface area contributed by atoms with Crippen LogP contribution >= 0.6 is 0 Å². The first-order valence-corrected chi connectivity index (χ1v) is 6.58. The molecule has 1 saturated heterocycles. The minimum Gasteiger partial charge on any atom is -0.387 e. The van der Waals surface area contributed by atoms with E-state index in [-0.39, 0.29) is 18.2 Å². The Morgan fingerprint density at radius 3 is 2.30 bits per heavy atom. The third-order valence-electron chi connectivity index (χ3n) is 4.11. The highest BCUT2D eigenvalue weighted by Gasteiger charge is 2.47. The highest BCUT2D eigenvalue weighted by Crippen LogP contribution is 2.31. The van der Waals surface area contributed by atoms with E-state index in [0.717, 1.165) is 0 Å². The lowest BCUT2D eigenvalue weighted by atomic mass is 9.79. The van der Waals surface area contributed by atoms with Crippen LogP contribution in [-0.4, -0.2) is 56.1 Å². The van der Waals surface area contributed by atoms with E-state index in [1.807, 2.05) is 0 Å². The summed E-state index contributed by atoms with van der Waals surface area (Å²) < 4.78 is 0. The number of aliphatic hydroxyl groups is 2. The van der Waals surface area contributed by atoms with Gasteiger partial charge in [-0.05, 0) is 32.4 Å². The maximum Gasteiger partial charge on any atom is 0.270 e. The van der Waals surface area contributed by atoms with E-state index in [1.165, 1.54) is 18.7 Å². The number of aromatic nitrogens is 1. The second kappa shape index (κ2) is 4.71. The van der Waals surface area contributed by atoms with E-state index in [2.05, 4.69) is 4.98 Å². The van der Waals surface area contributed by atoms with Crippen LogP contribution in [0.4, 0.5) is 0 Å². The minimum atomic E-state index is -1.36. The van der Waals surface area contributed by atoms with Gasteiger partial charge in [-0.25, -0.2) is 0 Å². The molecule has 3 N–H and O–H groups in total. The molecule has 6 heteroatoms. The summed E-state index contributed by atoms with van der Waals surface area (Å²) in [6.45, 7) is 4.91. The second-order valence-electron chi connectivity index (χ2n) is 5.87. The molecular formula is C14H20N2O4. The molecule has 2 atom stereocenters. The average Bonchev–Trinajstić information content (AvgIpc) is 2.81. The molecular weight excluding hydrogens is 260 g/mol. The van der Waals surface area contributed by atoms with Gasteiger partial charge in [-0.3, -0.25) is 9.59 Å². The van der Waals surface area contributed by atoms with E-state index in [4.69, 9.17) is 0 Å². The zero-order valence-corrected chi connectivity index (χ0v) is 11.9. The van der Waals surface area contributed by atoms with Gasteiger partial charge in [-0.1, -0.05) is 0 Å². The number of aromatic amines is 1. The van der Waals surface area contributed by atoms with Crippen molar-refractivity contribution < 1.29 is 19.8 Å². The number of nitrogens with one attached hydrogen (secondary N) is 1. The summed E-state index contributed by atoms with van der Waals surface area (Å²) in [5.74, 6) is -0.425. The lowest BCUT2D eigenvalue weighted by Gasteiger charge is -2.46. The molecule has 0 aliphatic carbocycles. The van der Waals surface area contributed by atoms with Crippen molar-refractivity contribution in [1.82, 2.24) is 9.88 Å². The van der Waals surface area contributed by atoms with Crippen molar-refractivity contribution in [2.45, 2.75) is 38.4 Å². The molecule has 1 aromatic rings. The first kappa shape index (κ1) is 14.7. The zero-order chi connectivity index (χ0) is 15.1. The summed E-state index contributed by atoms with van der Waals surface area (Å²) in [5, 5.41) is 20.4. The average molecular weight is 280 g/mol. The highest BCUT2D eigenvalue weighted by atomic mass is 16.4. The fraction of sp³-hybridized carbons (Fsp3) is 0.571. The Hall–Kier alpha value is -1.66. The molecule has 1 aliphatic rings. The number of rotatable bonds is 2. The number of piperidine rings is 1. The van der Waals surface area contributed by atoms with Crippen molar-refractivity contribution in [1.29, 1.82) is 0 Å². The Balaban J connectivity index is 2.16. The molecule has 0 radical (unpaired) electrons. The Bertz CT molecular complexity index is 545. The molecule has 6 nitrogen and oxygen atoms in total. The number of amides is 1. The van der Waals surface area contributed by atoms with E-state index in [1.54, 1.807) is 19.1 Å². The smallest absolute Gasteiger partial charge is 0.270 e. The van der Waals surface area contributed by atoms with Crippen LogP contribution in [0.5, 0.6) is 0 Å². The SMILES string of the molecule is CC(=O)c1ccc(C(=O)N2CC[C@@](C)(O)[C@@](C)(O)C2)[nH]1. The summed E-state index contributed by atoms with van der Waals surface area (Å²) in [6, 6.07) is 3.12. The minimum absolute atomic E-state index is 0.0489. The molecule has 1 aromatic heterocycles. The lowest BCUT2D eigenvalue weighted by Crippen LogP contribution is -2.62. The Morgan fingerprint density at radius 1 is 1.20 bits per heavy atom. The van der Waals surface area contributed by atoms with Crippen LogP contribution in [0.15, 0.2) is 12.1 Å². The van der Waals surface area contributed by atoms with E-state index >= 15 is 0 Å². The molecule has 0 bridgehead atoms. The quantitative estimate of drug-likeness (QED) is 0.690. The van der Waals surface area contributed by atoms with Crippen molar-refractivity contribution in [3.63, 3.8) is 0 Å². The largest absolute Gasteiger partial charge is 0.387 e. The van der Waals surface area contributed by atoms with Gasteiger partial charge in [-0.2, -0.15) is 0 Å². The fourth-order valence-corrected chi connectivity index (χ4v) is 2.31. The molecule has 0 unspecified atom stereocenters. The maximum atomic E-state index is 12.3. The molecule has 2 rings (SSSR count). The maximum absolute atomic E-state index is 12.3. The van der Waals surface area contributed by atoms with E-state index in [9.17, 15) is 19.8 Å². The van der Waals surface area contributed by atoms with Gasteiger partial charge in [0.25, 0.3) is 5.91 Å². The first-order chi connectivity index (χ1) is 9.14. The number of likely N-dealkylation sites (tertiary alicyclic amines) is 1. The summed E-state index contributed by atoms with van der Waals surface area (Å²) in [7, 11) is 0. The van der Waals surface area contributed by atoms with E-state index < -0.39 is 11.2 Å². The van der Waals surface area contributed by atoms with Crippen LogP contribution in [0.2, 0.25) is 0 Å². The van der Waals surface area contributed by atoms with Gasteiger partial charge in [0.2, 0.25) is 0 Å². The van der Waals surface area contributed by atoms with Crippen molar-refractivity contribution in [2.75, 3.05) is 13.1 Å². The number of hydrogen-bond acceptors (Lipinski definition) is 4. The van der Waals surface area contributed by atoms with Crippen LogP contribution in [0, 0.1) is 0 Å². The van der Waals surface area contributed by atoms with Gasteiger partial charge in [0.1, 0.15) is 11.3 Å². The predicted octanol–water partition coefficient (Wildman–Crippen LogP) is 0.565. The topological polar surface area (TPSA) is 93.6 Å². The summed E-state index contributed by atoms with van der Waals surface area (Å²) in [6.07, 6.45) is 0.298. The van der Waals surface area contributed by atoms with Gasteiger partial charge >= 0.3 is 0 Å². The van der Waals surface area contributed by atoms with Crippen LogP contribution in [-0.2, 0) is 0 Å². The van der Waals surface area contributed by atoms with Crippen LogP contribution in [0.3, 0.4) is 0 Å². The van der Waals surface area contributed by atoms with Gasteiger partial charge in [0, 0.05) is 13.5 Å². The number of ketones is 1. The van der Waals surface area contributed by atoms with Crippen molar-refractivity contribution in [2.24, 2.45) is 0 Å². The van der Waals surface area contributed by atoms with Crippen molar-refractivity contribution in [3.05, 3.63) is 23.5 Å². The molecule has 0 aromatic carbocycles.